The molecule has 2 rings (SSSR count). The van der Waals surface area contributed by atoms with Gasteiger partial charge in [-0.15, -0.1) is 0 Å². The van der Waals surface area contributed by atoms with E-state index in [1.165, 1.54) is 68.6 Å². The number of allylic oxidation sites excluding steroid dienone is 4. The third kappa shape index (κ3) is 9.07. The van der Waals surface area contributed by atoms with Crippen LogP contribution in [0.1, 0.15) is 75.8 Å². The molecule has 0 saturated heterocycles. The maximum Gasteiger partial charge on any atom is 0.0912 e. The van der Waals surface area contributed by atoms with E-state index in [9.17, 15) is 0 Å². The monoisotopic (exact) mass is 365 g/mol. The molecule has 1 aromatic carbocycles. The van der Waals surface area contributed by atoms with Crippen molar-refractivity contribution in [2.45, 2.75) is 83.8 Å². The van der Waals surface area contributed by atoms with Gasteiger partial charge in [0, 0.05) is 6.08 Å². The fourth-order valence-corrected chi connectivity index (χ4v) is 3.72. The van der Waals surface area contributed by atoms with Gasteiger partial charge in [0.25, 0.3) is 0 Å². The number of rotatable bonds is 11. The molecule has 2 heteroatoms. The minimum Gasteiger partial charge on any atom is -0.374 e. The normalized spacial score (nSPS) is 20.3. The Morgan fingerprint density at radius 2 is 1.67 bits per heavy atom. The molecule has 0 amide bonds. The maximum atomic E-state index is 8.49. The highest BCUT2D eigenvalue weighted by Crippen LogP contribution is 2.27. The number of hydrogen-bond acceptors (Lipinski definition) is 2. The lowest BCUT2D eigenvalue weighted by Crippen LogP contribution is -2.20. The van der Waals surface area contributed by atoms with Crippen LogP contribution in [0.5, 0.6) is 0 Å². The molecule has 0 radical (unpaired) electrons. The van der Waals surface area contributed by atoms with Gasteiger partial charge in [0.1, 0.15) is 0 Å². The molecule has 0 aliphatic heterocycles. The zero-order valence-electron chi connectivity index (χ0n) is 16.9. The topological polar surface area (TPSA) is 33.0 Å². The summed E-state index contributed by atoms with van der Waals surface area (Å²) in [6.07, 6.45) is 20.5. The third-order valence-corrected chi connectivity index (χ3v) is 5.46. The van der Waals surface area contributed by atoms with E-state index in [-0.39, 0.29) is 0 Å². The molecule has 1 aliphatic rings. The van der Waals surface area contributed by atoms with Gasteiger partial charge in [-0.3, -0.25) is 0 Å². The molecule has 1 aliphatic carbocycles. The van der Waals surface area contributed by atoms with Crippen molar-refractivity contribution in [1.29, 1.82) is 5.26 Å². The largest absolute Gasteiger partial charge is 0.374 e. The minimum atomic E-state index is 0.391. The van der Waals surface area contributed by atoms with Crippen molar-refractivity contribution in [3.8, 4) is 6.07 Å². The van der Waals surface area contributed by atoms with Crippen LogP contribution in [-0.2, 0) is 17.8 Å². The van der Waals surface area contributed by atoms with Gasteiger partial charge in [0.05, 0.1) is 18.8 Å². The van der Waals surface area contributed by atoms with Gasteiger partial charge in [0.2, 0.25) is 0 Å². The second kappa shape index (κ2) is 13.3. The average Bonchev–Trinajstić information content (AvgIpc) is 2.71. The highest BCUT2D eigenvalue weighted by molar-refractivity contribution is 5.22. The number of aryl methyl sites for hydroxylation is 1. The molecule has 0 heterocycles. The molecule has 0 bridgehead atoms. The van der Waals surface area contributed by atoms with Crippen molar-refractivity contribution >= 4 is 0 Å². The first-order valence-electron chi connectivity index (χ1n) is 10.7. The molecule has 1 saturated carbocycles. The Kier molecular flexibility index (Phi) is 10.6. The van der Waals surface area contributed by atoms with Crippen LogP contribution < -0.4 is 0 Å². The number of ether oxygens (including phenoxy) is 1. The quantitative estimate of drug-likeness (QED) is 0.242. The summed E-state index contributed by atoms with van der Waals surface area (Å²) in [4.78, 5) is 0. The number of unbranched alkanes of at least 4 members (excludes halogenated alkanes) is 4. The smallest absolute Gasteiger partial charge is 0.0912 e. The summed E-state index contributed by atoms with van der Waals surface area (Å²) in [7, 11) is 0. The van der Waals surface area contributed by atoms with E-state index in [4.69, 9.17) is 10.00 Å². The van der Waals surface area contributed by atoms with E-state index >= 15 is 0 Å². The molecule has 0 N–H and O–H groups in total. The van der Waals surface area contributed by atoms with Crippen LogP contribution in [0, 0.1) is 17.2 Å². The number of hydrogen-bond donors (Lipinski definition) is 0. The molecule has 0 aromatic heterocycles. The van der Waals surface area contributed by atoms with Crippen molar-refractivity contribution in [3.05, 3.63) is 59.7 Å². The second-order valence-corrected chi connectivity index (χ2v) is 7.70. The first kappa shape index (κ1) is 21.5. The molecule has 27 heavy (non-hydrogen) atoms. The van der Waals surface area contributed by atoms with E-state index in [1.54, 1.807) is 0 Å². The molecular formula is C25H35NO. The molecule has 0 unspecified atom stereocenters. The van der Waals surface area contributed by atoms with E-state index in [2.05, 4.69) is 37.3 Å². The van der Waals surface area contributed by atoms with Gasteiger partial charge in [-0.25, -0.2) is 0 Å². The van der Waals surface area contributed by atoms with E-state index in [0.717, 1.165) is 19.4 Å². The van der Waals surface area contributed by atoms with Crippen LogP contribution in [-0.4, -0.2) is 6.10 Å². The molecule has 1 aromatic rings. The van der Waals surface area contributed by atoms with E-state index in [0.29, 0.717) is 12.0 Å². The van der Waals surface area contributed by atoms with Crippen LogP contribution in [0.4, 0.5) is 0 Å². The summed E-state index contributed by atoms with van der Waals surface area (Å²) < 4.78 is 6.14. The summed E-state index contributed by atoms with van der Waals surface area (Å²) in [5.41, 5.74) is 2.74. The Labute approximate surface area is 165 Å². The number of nitrogens with zero attached hydrogens (tertiary/aromatic N) is 1. The van der Waals surface area contributed by atoms with Gasteiger partial charge in [-0.05, 0) is 55.6 Å². The molecule has 0 atom stereocenters. The van der Waals surface area contributed by atoms with Crippen LogP contribution >= 0.6 is 0 Å². The van der Waals surface area contributed by atoms with Crippen molar-refractivity contribution in [1.82, 2.24) is 0 Å². The Morgan fingerprint density at radius 3 is 2.37 bits per heavy atom. The van der Waals surface area contributed by atoms with Gasteiger partial charge >= 0.3 is 0 Å². The maximum absolute atomic E-state index is 8.49. The van der Waals surface area contributed by atoms with Gasteiger partial charge in [-0.1, -0.05) is 75.1 Å². The lowest BCUT2D eigenvalue weighted by Gasteiger charge is -2.26. The lowest BCUT2D eigenvalue weighted by molar-refractivity contribution is 0.0110. The van der Waals surface area contributed by atoms with Crippen LogP contribution in [0.15, 0.2) is 48.6 Å². The fourth-order valence-electron chi connectivity index (χ4n) is 3.72. The van der Waals surface area contributed by atoms with Crippen molar-refractivity contribution in [2.75, 3.05) is 0 Å². The van der Waals surface area contributed by atoms with Crippen LogP contribution in [0.2, 0.25) is 0 Å². The van der Waals surface area contributed by atoms with Crippen LogP contribution in [0.3, 0.4) is 0 Å². The Hall–Kier alpha value is -1.85. The fraction of sp³-hybridized carbons (Fsp3) is 0.560. The molecular weight excluding hydrogens is 330 g/mol. The summed E-state index contributed by atoms with van der Waals surface area (Å²) in [6.45, 7) is 2.99. The van der Waals surface area contributed by atoms with Gasteiger partial charge in [0.15, 0.2) is 0 Å². The van der Waals surface area contributed by atoms with Crippen LogP contribution in [0.25, 0.3) is 0 Å². The van der Waals surface area contributed by atoms with Crippen molar-refractivity contribution in [3.63, 3.8) is 0 Å². The third-order valence-electron chi connectivity index (χ3n) is 5.46. The number of nitriles is 1. The highest BCUT2D eigenvalue weighted by atomic mass is 16.5. The molecule has 0 spiro atoms. The first-order chi connectivity index (χ1) is 13.3. The molecule has 2 nitrogen and oxygen atoms in total. The summed E-state index contributed by atoms with van der Waals surface area (Å²) >= 11 is 0. The van der Waals surface area contributed by atoms with E-state index in [1.807, 2.05) is 18.2 Å². The Morgan fingerprint density at radius 1 is 0.963 bits per heavy atom. The number of benzene rings is 1. The molecule has 146 valence electrons. The Balaban J connectivity index is 1.62. The summed E-state index contributed by atoms with van der Waals surface area (Å²) in [5.74, 6) is 0.629. The summed E-state index contributed by atoms with van der Waals surface area (Å²) in [6, 6.07) is 11.0. The predicted molar refractivity (Wildman–Crippen MR) is 113 cm³/mol. The standard InChI is InChI=1S/C25H35NO/c1-2-3-4-5-7-10-22-12-14-24(15-13-22)21-27-25-18-16-23(17-19-25)11-8-6-9-20-26/h6,8-9,11-15,23,25H,2-5,7,10,16-19,21H2,1H3/b9-6+,11-8+/t23-,25-. The second-order valence-electron chi connectivity index (χ2n) is 7.70. The average molecular weight is 366 g/mol. The van der Waals surface area contributed by atoms with Gasteiger partial charge in [-0.2, -0.15) is 5.26 Å². The zero-order chi connectivity index (χ0) is 19.2. The lowest BCUT2D eigenvalue weighted by atomic mass is 9.87. The molecule has 1 fully saturated rings. The van der Waals surface area contributed by atoms with Gasteiger partial charge < -0.3 is 4.74 Å². The van der Waals surface area contributed by atoms with Crippen molar-refractivity contribution < 1.29 is 4.74 Å². The first-order valence-corrected chi connectivity index (χ1v) is 10.7. The SMILES string of the molecule is CCCCCCCc1ccc(CO[C@H]2CC[C@H](/C=C/C=C/C#N)CC2)cc1. The Bertz CT molecular complexity index is 600. The minimum absolute atomic E-state index is 0.391. The zero-order valence-corrected chi connectivity index (χ0v) is 16.9. The predicted octanol–water partition coefficient (Wildman–Crippen LogP) is 6.91. The van der Waals surface area contributed by atoms with Crippen molar-refractivity contribution in [2.24, 2.45) is 5.92 Å². The summed E-state index contributed by atoms with van der Waals surface area (Å²) in [5, 5.41) is 8.49. The van der Waals surface area contributed by atoms with E-state index < -0.39 is 0 Å². The highest BCUT2D eigenvalue weighted by Gasteiger charge is 2.19.